The molecule has 0 radical (unpaired) electrons. The summed E-state index contributed by atoms with van der Waals surface area (Å²) in [4.78, 5) is 25.4. The standard InChI is InChI=1S/C19H24N4O/c1-3-23(17-9-5-4-6-10-17)19-20-12-16(13-21-19)18(24)22-11-7-8-15(2)14-22/h4-6,9-10,12-13,15H,3,7-8,11,14H2,1-2H3. The Kier molecular flexibility index (Phi) is 5.08. The molecule has 5 heteroatoms. The van der Waals surface area contributed by atoms with Gasteiger partial charge in [-0.05, 0) is 37.8 Å². The number of hydrogen-bond acceptors (Lipinski definition) is 4. The number of carbonyl (C=O) groups is 1. The highest BCUT2D eigenvalue weighted by atomic mass is 16.2. The lowest BCUT2D eigenvalue weighted by atomic mass is 10.00. The van der Waals surface area contributed by atoms with Gasteiger partial charge in [-0.2, -0.15) is 0 Å². The molecule has 2 aromatic rings. The van der Waals surface area contributed by atoms with Gasteiger partial charge in [-0.15, -0.1) is 0 Å². The van der Waals surface area contributed by atoms with Crippen molar-refractivity contribution >= 4 is 17.5 Å². The zero-order chi connectivity index (χ0) is 16.9. The van der Waals surface area contributed by atoms with E-state index in [0.717, 1.165) is 31.7 Å². The van der Waals surface area contributed by atoms with Crippen LogP contribution in [0.2, 0.25) is 0 Å². The first-order valence-electron chi connectivity index (χ1n) is 8.63. The lowest BCUT2D eigenvalue weighted by Gasteiger charge is -2.30. The smallest absolute Gasteiger partial charge is 0.257 e. The Morgan fingerprint density at radius 3 is 2.58 bits per heavy atom. The fourth-order valence-corrected chi connectivity index (χ4v) is 3.17. The van der Waals surface area contributed by atoms with Crippen molar-refractivity contribution in [2.45, 2.75) is 26.7 Å². The summed E-state index contributed by atoms with van der Waals surface area (Å²) >= 11 is 0. The summed E-state index contributed by atoms with van der Waals surface area (Å²) in [6, 6.07) is 10.0. The first-order valence-corrected chi connectivity index (χ1v) is 8.63. The molecular formula is C19H24N4O. The third-order valence-corrected chi connectivity index (χ3v) is 4.45. The molecule has 1 aromatic heterocycles. The molecule has 0 N–H and O–H groups in total. The summed E-state index contributed by atoms with van der Waals surface area (Å²) in [5.41, 5.74) is 1.61. The number of benzene rings is 1. The van der Waals surface area contributed by atoms with Crippen LogP contribution in [0.3, 0.4) is 0 Å². The van der Waals surface area contributed by atoms with Gasteiger partial charge in [-0.25, -0.2) is 9.97 Å². The van der Waals surface area contributed by atoms with Crippen LogP contribution >= 0.6 is 0 Å². The zero-order valence-electron chi connectivity index (χ0n) is 14.4. The quantitative estimate of drug-likeness (QED) is 0.863. The van der Waals surface area contributed by atoms with E-state index in [2.05, 4.69) is 23.8 Å². The van der Waals surface area contributed by atoms with E-state index in [1.54, 1.807) is 12.4 Å². The Balaban J connectivity index is 1.76. The summed E-state index contributed by atoms with van der Waals surface area (Å²) in [6.45, 7) is 6.67. The summed E-state index contributed by atoms with van der Waals surface area (Å²) in [5, 5.41) is 0. The molecule has 126 valence electrons. The number of anilines is 2. The molecule has 0 spiro atoms. The predicted molar refractivity (Wildman–Crippen MR) is 95.5 cm³/mol. The second kappa shape index (κ2) is 7.43. The van der Waals surface area contributed by atoms with E-state index in [0.29, 0.717) is 17.4 Å². The number of carbonyl (C=O) groups excluding carboxylic acids is 1. The van der Waals surface area contributed by atoms with Crippen LogP contribution < -0.4 is 4.90 Å². The molecule has 3 rings (SSSR count). The SMILES string of the molecule is CCN(c1ccccc1)c1ncc(C(=O)N2CCCC(C)C2)cn1. The minimum atomic E-state index is 0.0378. The molecule has 24 heavy (non-hydrogen) atoms. The molecule has 1 atom stereocenters. The first kappa shape index (κ1) is 16.4. The number of para-hydroxylation sites is 1. The Labute approximate surface area is 143 Å². The lowest BCUT2D eigenvalue weighted by Crippen LogP contribution is -2.39. The molecule has 1 fully saturated rings. The lowest BCUT2D eigenvalue weighted by molar-refractivity contribution is 0.0682. The van der Waals surface area contributed by atoms with Crippen molar-refractivity contribution in [2.24, 2.45) is 5.92 Å². The number of hydrogen-bond donors (Lipinski definition) is 0. The van der Waals surface area contributed by atoms with Gasteiger partial charge >= 0.3 is 0 Å². The summed E-state index contributed by atoms with van der Waals surface area (Å²) in [6.07, 6.45) is 5.57. The number of nitrogens with zero attached hydrogens (tertiary/aromatic N) is 4. The average Bonchev–Trinajstić information content (AvgIpc) is 2.63. The second-order valence-corrected chi connectivity index (χ2v) is 6.35. The molecule has 1 aliphatic heterocycles. The number of likely N-dealkylation sites (tertiary alicyclic amines) is 1. The minimum absolute atomic E-state index is 0.0378. The molecule has 0 saturated carbocycles. The maximum atomic E-state index is 12.6. The molecule has 0 bridgehead atoms. The van der Waals surface area contributed by atoms with Gasteiger partial charge < -0.3 is 9.80 Å². The molecule has 1 aliphatic rings. The third kappa shape index (κ3) is 3.55. The van der Waals surface area contributed by atoms with Gasteiger partial charge in [0.15, 0.2) is 0 Å². The van der Waals surface area contributed by atoms with E-state index in [9.17, 15) is 4.79 Å². The molecule has 1 amide bonds. The summed E-state index contributed by atoms with van der Waals surface area (Å²) < 4.78 is 0. The van der Waals surface area contributed by atoms with Crippen molar-refractivity contribution in [3.05, 3.63) is 48.3 Å². The highest BCUT2D eigenvalue weighted by Crippen LogP contribution is 2.22. The molecular weight excluding hydrogens is 300 g/mol. The average molecular weight is 324 g/mol. The van der Waals surface area contributed by atoms with E-state index in [1.807, 2.05) is 40.1 Å². The van der Waals surface area contributed by atoms with Crippen LogP contribution in [-0.4, -0.2) is 40.4 Å². The van der Waals surface area contributed by atoms with E-state index >= 15 is 0 Å². The highest BCUT2D eigenvalue weighted by molar-refractivity contribution is 5.93. The fourth-order valence-electron chi connectivity index (χ4n) is 3.17. The number of rotatable bonds is 4. The Morgan fingerprint density at radius 2 is 1.96 bits per heavy atom. The fraction of sp³-hybridized carbons (Fsp3) is 0.421. The normalized spacial score (nSPS) is 17.6. The topological polar surface area (TPSA) is 49.3 Å². The first-order chi connectivity index (χ1) is 11.7. The van der Waals surface area contributed by atoms with Gasteiger partial charge in [0, 0.05) is 37.7 Å². The van der Waals surface area contributed by atoms with E-state index < -0.39 is 0 Å². The Bertz CT molecular complexity index is 672. The summed E-state index contributed by atoms with van der Waals surface area (Å²) in [5.74, 6) is 1.22. The third-order valence-electron chi connectivity index (χ3n) is 4.45. The number of amides is 1. The highest BCUT2D eigenvalue weighted by Gasteiger charge is 2.22. The molecule has 1 unspecified atom stereocenters. The van der Waals surface area contributed by atoms with Crippen molar-refractivity contribution in [1.82, 2.24) is 14.9 Å². The monoisotopic (exact) mass is 324 g/mol. The molecule has 2 heterocycles. The van der Waals surface area contributed by atoms with E-state index in [1.165, 1.54) is 6.42 Å². The minimum Gasteiger partial charge on any atom is -0.338 e. The second-order valence-electron chi connectivity index (χ2n) is 6.35. The Hall–Kier alpha value is -2.43. The van der Waals surface area contributed by atoms with Crippen LogP contribution in [0.5, 0.6) is 0 Å². The predicted octanol–water partition coefficient (Wildman–Crippen LogP) is 3.51. The largest absolute Gasteiger partial charge is 0.338 e. The zero-order valence-corrected chi connectivity index (χ0v) is 14.4. The van der Waals surface area contributed by atoms with Crippen molar-refractivity contribution < 1.29 is 4.79 Å². The van der Waals surface area contributed by atoms with Gasteiger partial charge in [0.1, 0.15) is 0 Å². The van der Waals surface area contributed by atoms with Gasteiger partial charge in [0.05, 0.1) is 5.56 Å². The molecule has 0 aliphatic carbocycles. The van der Waals surface area contributed by atoms with Crippen LogP contribution in [0.1, 0.15) is 37.0 Å². The van der Waals surface area contributed by atoms with E-state index in [4.69, 9.17) is 0 Å². The molecule has 1 saturated heterocycles. The van der Waals surface area contributed by atoms with Crippen LogP contribution in [0.4, 0.5) is 11.6 Å². The molecule has 5 nitrogen and oxygen atoms in total. The van der Waals surface area contributed by atoms with Crippen molar-refractivity contribution in [2.75, 3.05) is 24.5 Å². The van der Waals surface area contributed by atoms with Gasteiger partial charge in [0.2, 0.25) is 5.95 Å². The van der Waals surface area contributed by atoms with Gasteiger partial charge in [-0.3, -0.25) is 4.79 Å². The number of aromatic nitrogens is 2. The summed E-state index contributed by atoms with van der Waals surface area (Å²) in [7, 11) is 0. The van der Waals surface area contributed by atoms with Gasteiger partial charge in [-0.1, -0.05) is 25.1 Å². The van der Waals surface area contributed by atoms with Gasteiger partial charge in [0.25, 0.3) is 5.91 Å². The molecule has 1 aromatic carbocycles. The number of piperidine rings is 1. The maximum absolute atomic E-state index is 12.6. The van der Waals surface area contributed by atoms with Crippen molar-refractivity contribution in [1.29, 1.82) is 0 Å². The van der Waals surface area contributed by atoms with Crippen molar-refractivity contribution in [3.63, 3.8) is 0 Å². The van der Waals surface area contributed by atoms with Crippen LogP contribution in [0.15, 0.2) is 42.7 Å². The van der Waals surface area contributed by atoms with E-state index in [-0.39, 0.29) is 5.91 Å². The Morgan fingerprint density at radius 1 is 1.25 bits per heavy atom. The van der Waals surface area contributed by atoms with Crippen LogP contribution in [0, 0.1) is 5.92 Å². The van der Waals surface area contributed by atoms with Crippen molar-refractivity contribution in [3.8, 4) is 0 Å². The van der Waals surface area contributed by atoms with Crippen LogP contribution in [-0.2, 0) is 0 Å². The maximum Gasteiger partial charge on any atom is 0.257 e. The van der Waals surface area contributed by atoms with Crippen LogP contribution in [0.25, 0.3) is 0 Å².